The summed E-state index contributed by atoms with van der Waals surface area (Å²) in [5.74, 6) is 0. The Morgan fingerprint density at radius 1 is 1.75 bits per heavy atom. The third-order valence-electron chi connectivity index (χ3n) is 1.11. The zero-order chi connectivity index (χ0) is 6.04. The molecule has 1 unspecified atom stereocenters. The summed E-state index contributed by atoms with van der Waals surface area (Å²) in [6, 6.07) is 0. The lowest BCUT2D eigenvalue weighted by Crippen LogP contribution is -2.28. The van der Waals surface area contributed by atoms with Crippen LogP contribution in [0.3, 0.4) is 0 Å². The molecule has 8 heavy (non-hydrogen) atoms. The zero-order valence-corrected chi connectivity index (χ0v) is 4.72. The summed E-state index contributed by atoms with van der Waals surface area (Å²) in [7, 11) is 0. The van der Waals surface area contributed by atoms with E-state index in [1.165, 1.54) is 0 Å². The van der Waals surface area contributed by atoms with Gasteiger partial charge in [0.1, 0.15) is 12.4 Å². The van der Waals surface area contributed by atoms with Crippen molar-refractivity contribution in [2.45, 2.75) is 12.5 Å². The predicted octanol–water partition coefficient (Wildman–Crippen LogP) is -0.0517. The van der Waals surface area contributed by atoms with Crippen molar-refractivity contribution in [3.8, 4) is 0 Å². The molecular weight excluding hydrogens is 108 g/mol. The van der Waals surface area contributed by atoms with Gasteiger partial charge in [0.15, 0.2) is 6.29 Å². The Bertz CT molecular complexity index is 93.8. The van der Waals surface area contributed by atoms with Crippen LogP contribution in [0, 0.1) is 0 Å². The van der Waals surface area contributed by atoms with Gasteiger partial charge in [-0.25, -0.2) is 0 Å². The number of hydrogen-bond donors (Lipinski definition) is 0. The summed E-state index contributed by atoms with van der Waals surface area (Å²) >= 11 is 0. The van der Waals surface area contributed by atoms with E-state index in [2.05, 4.69) is 0 Å². The van der Waals surface area contributed by atoms with Crippen LogP contribution < -0.4 is 0 Å². The van der Waals surface area contributed by atoms with Crippen molar-refractivity contribution in [3.63, 3.8) is 0 Å². The van der Waals surface area contributed by atoms with E-state index in [1.807, 2.05) is 0 Å². The molecule has 0 radical (unpaired) electrons. The van der Waals surface area contributed by atoms with E-state index >= 15 is 0 Å². The molecule has 3 heteroatoms. The van der Waals surface area contributed by atoms with E-state index in [4.69, 9.17) is 9.47 Å². The highest BCUT2D eigenvalue weighted by molar-refractivity contribution is 5.62. The molecule has 3 nitrogen and oxygen atoms in total. The summed E-state index contributed by atoms with van der Waals surface area (Å²) in [5.41, 5.74) is -0.667. The summed E-state index contributed by atoms with van der Waals surface area (Å²) in [6.45, 7) is 2.33. The minimum absolute atomic E-state index is 0.245. The second-order valence-electron chi connectivity index (χ2n) is 2.04. The Hall–Kier alpha value is -0.410. The number of aldehydes is 1. The fraction of sp³-hybridized carbons (Fsp3) is 0.800. The van der Waals surface area contributed by atoms with Gasteiger partial charge in [-0.15, -0.1) is 0 Å². The van der Waals surface area contributed by atoms with Crippen LogP contribution in [0.15, 0.2) is 0 Å². The Kier molecular flexibility index (Phi) is 1.31. The second-order valence-corrected chi connectivity index (χ2v) is 2.04. The van der Waals surface area contributed by atoms with Crippen LogP contribution in [0.2, 0.25) is 0 Å². The maximum absolute atomic E-state index is 10.1. The van der Waals surface area contributed by atoms with Gasteiger partial charge in [0.2, 0.25) is 0 Å². The van der Waals surface area contributed by atoms with Crippen molar-refractivity contribution in [1.82, 2.24) is 0 Å². The first kappa shape index (κ1) is 5.72. The van der Waals surface area contributed by atoms with Crippen molar-refractivity contribution in [1.29, 1.82) is 0 Å². The van der Waals surface area contributed by atoms with Crippen LogP contribution in [0.5, 0.6) is 0 Å². The SMILES string of the molecule is CC1(C=O)COCO1. The molecule has 0 bridgehead atoms. The summed E-state index contributed by atoms with van der Waals surface area (Å²) in [4.78, 5) is 10.1. The van der Waals surface area contributed by atoms with Crippen LogP contribution >= 0.6 is 0 Å². The van der Waals surface area contributed by atoms with Gasteiger partial charge in [-0.3, -0.25) is 0 Å². The second kappa shape index (κ2) is 1.84. The van der Waals surface area contributed by atoms with E-state index in [0.717, 1.165) is 6.29 Å². The van der Waals surface area contributed by atoms with Gasteiger partial charge in [-0.05, 0) is 6.92 Å². The summed E-state index contributed by atoms with van der Waals surface area (Å²) < 4.78 is 9.70. The van der Waals surface area contributed by atoms with Crippen molar-refractivity contribution >= 4 is 6.29 Å². The Balaban J connectivity index is 2.52. The molecule has 0 aromatic rings. The van der Waals surface area contributed by atoms with Crippen LogP contribution in [-0.2, 0) is 14.3 Å². The first-order valence-electron chi connectivity index (χ1n) is 2.45. The van der Waals surface area contributed by atoms with Gasteiger partial charge in [0, 0.05) is 0 Å². The molecule has 1 fully saturated rings. The molecule has 0 saturated carbocycles. The van der Waals surface area contributed by atoms with Gasteiger partial charge >= 0.3 is 0 Å². The van der Waals surface area contributed by atoms with Crippen molar-refractivity contribution in [2.75, 3.05) is 13.4 Å². The third kappa shape index (κ3) is 0.877. The number of carbonyl (C=O) groups is 1. The molecule has 1 saturated heterocycles. The molecule has 0 N–H and O–H groups in total. The molecule has 1 rings (SSSR count). The standard InChI is InChI=1S/C5H8O3/c1-5(2-6)3-7-4-8-5/h2H,3-4H2,1H3. The molecule has 0 aromatic carbocycles. The molecule has 46 valence electrons. The molecule has 0 spiro atoms. The largest absolute Gasteiger partial charge is 0.352 e. The average molecular weight is 116 g/mol. The van der Waals surface area contributed by atoms with E-state index in [1.54, 1.807) is 6.92 Å². The van der Waals surface area contributed by atoms with E-state index in [9.17, 15) is 4.79 Å². The van der Waals surface area contributed by atoms with Crippen LogP contribution in [0.1, 0.15) is 6.92 Å². The maximum atomic E-state index is 10.1. The molecule has 1 heterocycles. The van der Waals surface area contributed by atoms with Gasteiger partial charge in [-0.1, -0.05) is 0 Å². The number of rotatable bonds is 1. The highest BCUT2D eigenvalue weighted by Crippen LogP contribution is 2.13. The Labute approximate surface area is 47.6 Å². The molecule has 0 aliphatic carbocycles. The van der Waals surface area contributed by atoms with Gasteiger partial charge in [0.05, 0.1) is 6.61 Å². The Morgan fingerprint density at radius 3 is 2.75 bits per heavy atom. The maximum Gasteiger partial charge on any atom is 0.154 e. The topological polar surface area (TPSA) is 35.5 Å². The minimum Gasteiger partial charge on any atom is -0.352 e. The van der Waals surface area contributed by atoms with E-state index in [-0.39, 0.29) is 6.79 Å². The number of ether oxygens (including phenoxy) is 2. The predicted molar refractivity (Wildman–Crippen MR) is 26.4 cm³/mol. The van der Waals surface area contributed by atoms with Gasteiger partial charge in [-0.2, -0.15) is 0 Å². The summed E-state index contributed by atoms with van der Waals surface area (Å²) in [6.07, 6.45) is 0.764. The van der Waals surface area contributed by atoms with E-state index in [0.29, 0.717) is 6.61 Å². The first-order valence-corrected chi connectivity index (χ1v) is 2.45. The summed E-state index contributed by atoms with van der Waals surface area (Å²) in [5, 5.41) is 0. The molecule has 0 aromatic heterocycles. The van der Waals surface area contributed by atoms with Crippen molar-refractivity contribution in [2.24, 2.45) is 0 Å². The fourth-order valence-electron chi connectivity index (χ4n) is 0.530. The molecule has 1 aliphatic rings. The third-order valence-corrected chi connectivity index (χ3v) is 1.11. The normalized spacial score (nSPS) is 37.6. The highest BCUT2D eigenvalue weighted by atomic mass is 16.7. The van der Waals surface area contributed by atoms with Gasteiger partial charge in [0.25, 0.3) is 0 Å². The Morgan fingerprint density at radius 2 is 2.50 bits per heavy atom. The number of carbonyl (C=O) groups excluding carboxylic acids is 1. The lowest BCUT2D eigenvalue weighted by atomic mass is 10.1. The average Bonchev–Trinajstić information content (AvgIpc) is 2.17. The van der Waals surface area contributed by atoms with Crippen LogP contribution in [0.25, 0.3) is 0 Å². The van der Waals surface area contributed by atoms with Crippen LogP contribution in [-0.4, -0.2) is 25.3 Å². The fourth-order valence-corrected chi connectivity index (χ4v) is 0.530. The quantitative estimate of drug-likeness (QED) is 0.450. The zero-order valence-electron chi connectivity index (χ0n) is 4.72. The van der Waals surface area contributed by atoms with Crippen LogP contribution in [0.4, 0.5) is 0 Å². The monoisotopic (exact) mass is 116 g/mol. The van der Waals surface area contributed by atoms with Gasteiger partial charge < -0.3 is 14.3 Å². The molecule has 1 aliphatic heterocycles. The lowest BCUT2D eigenvalue weighted by molar-refractivity contribution is -0.123. The molecule has 1 atom stereocenters. The van der Waals surface area contributed by atoms with E-state index < -0.39 is 5.60 Å². The minimum atomic E-state index is -0.667. The lowest BCUT2D eigenvalue weighted by Gasteiger charge is -2.09. The van der Waals surface area contributed by atoms with Crippen molar-refractivity contribution in [3.05, 3.63) is 0 Å². The van der Waals surface area contributed by atoms with Crippen molar-refractivity contribution < 1.29 is 14.3 Å². The molecular formula is C5H8O3. The highest BCUT2D eigenvalue weighted by Gasteiger charge is 2.29. The first-order chi connectivity index (χ1) is 3.77. The number of hydrogen-bond acceptors (Lipinski definition) is 3. The smallest absolute Gasteiger partial charge is 0.154 e. The molecule has 0 amide bonds.